The summed E-state index contributed by atoms with van der Waals surface area (Å²) in [6, 6.07) is 5.67. The Morgan fingerprint density at radius 1 is 1.40 bits per heavy atom. The van der Waals surface area contributed by atoms with E-state index in [1.165, 1.54) is 0 Å². The van der Waals surface area contributed by atoms with E-state index in [-0.39, 0.29) is 0 Å². The van der Waals surface area contributed by atoms with Crippen molar-refractivity contribution in [2.24, 2.45) is 0 Å². The fourth-order valence-electron chi connectivity index (χ4n) is 1.37. The van der Waals surface area contributed by atoms with Crippen LogP contribution < -0.4 is 9.47 Å². The SMILES string of the molecule is CCOc1cc(OC)ccc1CCC=O. The molecule has 0 heterocycles. The number of aldehydes is 1. The maximum absolute atomic E-state index is 10.3. The third-order valence-corrected chi connectivity index (χ3v) is 2.11. The molecular formula is C12H16O3. The topological polar surface area (TPSA) is 35.5 Å². The van der Waals surface area contributed by atoms with Gasteiger partial charge in [0.25, 0.3) is 0 Å². The van der Waals surface area contributed by atoms with Crippen molar-refractivity contribution in [1.29, 1.82) is 0 Å². The number of carbonyl (C=O) groups excluding carboxylic acids is 1. The molecule has 0 spiro atoms. The number of methoxy groups -OCH3 is 1. The molecule has 1 aromatic rings. The zero-order valence-electron chi connectivity index (χ0n) is 9.16. The first-order valence-corrected chi connectivity index (χ1v) is 5.05. The van der Waals surface area contributed by atoms with E-state index in [0.29, 0.717) is 19.4 Å². The van der Waals surface area contributed by atoms with Crippen LogP contribution in [0.3, 0.4) is 0 Å². The third-order valence-electron chi connectivity index (χ3n) is 2.11. The molecule has 0 radical (unpaired) electrons. The molecule has 0 atom stereocenters. The van der Waals surface area contributed by atoms with E-state index in [9.17, 15) is 4.79 Å². The number of aryl methyl sites for hydroxylation is 1. The molecule has 1 aromatic carbocycles. The molecule has 0 amide bonds. The predicted molar refractivity (Wildman–Crippen MR) is 58.5 cm³/mol. The van der Waals surface area contributed by atoms with Crippen molar-refractivity contribution in [1.82, 2.24) is 0 Å². The summed E-state index contributed by atoms with van der Waals surface area (Å²) in [6.45, 7) is 2.55. The molecule has 0 bridgehead atoms. The zero-order valence-corrected chi connectivity index (χ0v) is 9.16. The van der Waals surface area contributed by atoms with Gasteiger partial charge in [0.2, 0.25) is 0 Å². The molecule has 15 heavy (non-hydrogen) atoms. The summed E-state index contributed by atoms with van der Waals surface area (Å²) >= 11 is 0. The summed E-state index contributed by atoms with van der Waals surface area (Å²) in [5, 5.41) is 0. The van der Waals surface area contributed by atoms with Gasteiger partial charge in [-0.1, -0.05) is 6.07 Å². The fraction of sp³-hybridized carbons (Fsp3) is 0.417. The quantitative estimate of drug-likeness (QED) is 0.672. The smallest absolute Gasteiger partial charge is 0.126 e. The van der Waals surface area contributed by atoms with Gasteiger partial charge in [-0.2, -0.15) is 0 Å². The number of rotatable bonds is 6. The van der Waals surface area contributed by atoms with Crippen molar-refractivity contribution in [3.05, 3.63) is 23.8 Å². The standard InChI is InChI=1S/C12H16O3/c1-3-15-12-9-11(14-2)7-6-10(12)5-4-8-13/h6-9H,3-5H2,1-2H3. The summed E-state index contributed by atoms with van der Waals surface area (Å²) in [6.07, 6.45) is 2.15. The van der Waals surface area contributed by atoms with Gasteiger partial charge < -0.3 is 14.3 Å². The summed E-state index contributed by atoms with van der Waals surface area (Å²) in [7, 11) is 1.62. The van der Waals surface area contributed by atoms with Crippen LogP contribution in [0.4, 0.5) is 0 Å². The summed E-state index contributed by atoms with van der Waals surface area (Å²) in [5.74, 6) is 1.58. The average Bonchev–Trinajstić information content (AvgIpc) is 2.27. The van der Waals surface area contributed by atoms with Gasteiger partial charge in [-0.25, -0.2) is 0 Å². The van der Waals surface area contributed by atoms with Gasteiger partial charge in [0.15, 0.2) is 0 Å². The van der Waals surface area contributed by atoms with Gasteiger partial charge in [-0.3, -0.25) is 0 Å². The van der Waals surface area contributed by atoms with Crippen LogP contribution in [0.2, 0.25) is 0 Å². The highest BCUT2D eigenvalue weighted by atomic mass is 16.5. The Labute approximate surface area is 90.0 Å². The predicted octanol–water partition coefficient (Wildman–Crippen LogP) is 2.23. The second kappa shape index (κ2) is 6.06. The lowest BCUT2D eigenvalue weighted by Gasteiger charge is -2.10. The van der Waals surface area contributed by atoms with Gasteiger partial charge in [0.05, 0.1) is 13.7 Å². The number of hydrogen-bond acceptors (Lipinski definition) is 3. The first-order valence-electron chi connectivity index (χ1n) is 5.05. The first-order chi connectivity index (χ1) is 7.31. The van der Waals surface area contributed by atoms with Crippen LogP contribution in [0.5, 0.6) is 11.5 Å². The minimum absolute atomic E-state index is 0.520. The maximum Gasteiger partial charge on any atom is 0.126 e. The average molecular weight is 208 g/mol. The lowest BCUT2D eigenvalue weighted by Crippen LogP contribution is -1.98. The van der Waals surface area contributed by atoms with Gasteiger partial charge in [0.1, 0.15) is 17.8 Å². The fourth-order valence-corrected chi connectivity index (χ4v) is 1.37. The third kappa shape index (κ3) is 3.27. The molecule has 82 valence electrons. The minimum atomic E-state index is 0.520. The van der Waals surface area contributed by atoms with Crippen molar-refractivity contribution in [3.63, 3.8) is 0 Å². The van der Waals surface area contributed by atoms with Gasteiger partial charge in [-0.15, -0.1) is 0 Å². The monoisotopic (exact) mass is 208 g/mol. The highest BCUT2D eigenvalue weighted by Gasteiger charge is 2.04. The molecule has 0 unspecified atom stereocenters. The highest BCUT2D eigenvalue weighted by molar-refractivity contribution is 5.51. The van der Waals surface area contributed by atoms with Crippen molar-refractivity contribution in [3.8, 4) is 11.5 Å². The van der Waals surface area contributed by atoms with Gasteiger partial charge in [0, 0.05) is 12.5 Å². The summed E-state index contributed by atoms with van der Waals surface area (Å²) in [5.41, 5.74) is 1.05. The lowest BCUT2D eigenvalue weighted by atomic mass is 10.1. The van der Waals surface area contributed by atoms with Crippen LogP contribution in [0.15, 0.2) is 18.2 Å². The van der Waals surface area contributed by atoms with E-state index in [1.807, 2.05) is 25.1 Å². The molecule has 0 fully saturated rings. The van der Waals surface area contributed by atoms with Crippen molar-refractivity contribution < 1.29 is 14.3 Å². The molecule has 0 saturated carbocycles. The Kier molecular flexibility index (Phi) is 4.68. The van der Waals surface area contributed by atoms with Crippen molar-refractivity contribution >= 4 is 6.29 Å². The van der Waals surface area contributed by atoms with E-state index in [1.54, 1.807) is 7.11 Å². The Bertz CT molecular complexity index is 321. The summed E-state index contributed by atoms with van der Waals surface area (Å²) < 4.78 is 10.6. The minimum Gasteiger partial charge on any atom is -0.497 e. The number of ether oxygens (including phenoxy) is 2. The van der Waals surface area contributed by atoms with Crippen molar-refractivity contribution in [2.75, 3.05) is 13.7 Å². The summed E-state index contributed by atoms with van der Waals surface area (Å²) in [4.78, 5) is 10.3. The molecule has 0 N–H and O–H groups in total. The molecule has 0 aromatic heterocycles. The first kappa shape index (κ1) is 11.6. The number of benzene rings is 1. The van der Waals surface area contributed by atoms with E-state index in [4.69, 9.17) is 9.47 Å². The second-order valence-corrected chi connectivity index (χ2v) is 3.11. The lowest BCUT2D eigenvalue weighted by molar-refractivity contribution is -0.107. The molecule has 3 heteroatoms. The maximum atomic E-state index is 10.3. The Morgan fingerprint density at radius 3 is 2.80 bits per heavy atom. The molecule has 0 saturated heterocycles. The molecule has 0 aliphatic carbocycles. The van der Waals surface area contributed by atoms with E-state index in [0.717, 1.165) is 23.3 Å². The highest BCUT2D eigenvalue weighted by Crippen LogP contribution is 2.25. The van der Waals surface area contributed by atoms with Gasteiger partial charge in [-0.05, 0) is 25.0 Å². The van der Waals surface area contributed by atoms with E-state index < -0.39 is 0 Å². The molecule has 0 aliphatic rings. The molecular weight excluding hydrogens is 192 g/mol. The number of carbonyl (C=O) groups is 1. The molecule has 0 aliphatic heterocycles. The second-order valence-electron chi connectivity index (χ2n) is 3.11. The Morgan fingerprint density at radius 2 is 2.20 bits per heavy atom. The Balaban J connectivity index is 2.87. The van der Waals surface area contributed by atoms with Crippen LogP contribution in [0, 0.1) is 0 Å². The largest absolute Gasteiger partial charge is 0.497 e. The molecule has 1 rings (SSSR count). The van der Waals surface area contributed by atoms with Crippen LogP contribution in [-0.4, -0.2) is 20.0 Å². The van der Waals surface area contributed by atoms with Crippen molar-refractivity contribution in [2.45, 2.75) is 19.8 Å². The van der Waals surface area contributed by atoms with E-state index >= 15 is 0 Å². The van der Waals surface area contributed by atoms with Gasteiger partial charge >= 0.3 is 0 Å². The Hall–Kier alpha value is -1.51. The normalized spacial score (nSPS) is 9.73. The zero-order chi connectivity index (χ0) is 11.1. The van der Waals surface area contributed by atoms with Crippen LogP contribution >= 0.6 is 0 Å². The number of hydrogen-bond donors (Lipinski definition) is 0. The van der Waals surface area contributed by atoms with E-state index in [2.05, 4.69) is 0 Å². The van der Waals surface area contributed by atoms with Crippen LogP contribution in [0.1, 0.15) is 18.9 Å². The van der Waals surface area contributed by atoms with Crippen LogP contribution in [-0.2, 0) is 11.2 Å². The van der Waals surface area contributed by atoms with Crippen LogP contribution in [0.25, 0.3) is 0 Å². The molecule has 3 nitrogen and oxygen atoms in total.